The minimum absolute atomic E-state index is 0.128. The van der Waals surface area contributed by atoms with Gasteiger partial charge in [-0.05, 0) is 49.7 Å². The number of rotatable bonds is 5. The fourth-order valence-electron chi connectivity index (χ4n) is 2.98. The zero-order chi connectivity index (χ0) is 18.8. The van der Waals surface area contributed by atoms with Crippen molar-refractivity contribution < 1.29 is 9.47 Å². The molecule has 2 aromatic heterocycles. The Kier molecular flexibility index (Phi) is 4.50. The maximum Gasteiger partial charge on any atom is 0.157 e. The molecule has 4 rings (SSSR count). The Morgan fingerprint density at radius 3 is 2.41 bits per heavy atom. The number of ether oxygens (including phenoxy) is 2. The van der Waals surface area contributed by atoms with E-state index in [9.17, 15) is 0 Å². The second kappa shape index (κ2) is 7.11. The zero-order valence-corrected chi connectivity index (χ0v) is 15.6. The number of benzene rings is 2. The number of nitrogens with one attached hydrogen (secondary N) is 1. The summed E-state index contributed by atoms with van der Waals surface area (Å²) in [6, 6.07) is 17.9. The van der Waals surface area contributed by atoms with Gasteiger partial charge in [0.2, 0.25) is 0 Å². The number of H-pyrrole nitrogens is 1. The predicted octanol–water partition coefficient (Wildman–Crippen LogP) is 5.09. The van der Waals surface area contributed by atoms with E-state index in [1.165, 1.54) is 0 Å². The molecule has 5 nitrogen and oxygen atoms in total. The first-order valence-corrected chi connectivity index (χ1v) is 8.89. The van der Waals surface area contributed by atoms with Gasteiger partial charge in [-0.15, -0.1) is 0 Å². The average Bonchev–Trinajstić information content (AvgIpc) is 3.11. The fraction of sp³-hybridized carbons (Fsp3) is 0.182. The number of pyridine rings is 1. The van der Waals surface area contributed by atoms with Crippen molar-refractivity contribution in [2.75, 3.05) is 7.11 Å². The van der Waals surface area contributed by atoms with Gasteiger partial charge >= 0.3 is 0 Å². The predicted molar refractivity (Wildman–Crippen MR) is 107 cm³/mol. The first-order chi connectivity index (χ1) is 13.1. The molecule has 0 saturated carbocycles. The minimum Gasteiger partial charge on any atom is -0.497 e. The van der Waals surface area contributed by atoms with E-state index in [1.54, 1.807) is 7.11 Å². The Hall–Kier alpha value is -3.34. The number of imidazole rings is 1. The third kappa shape index (κ3) is 3.62. The summed E-state index contributed by atoms with van der Waals surface area (Å²) < 4.78 is 11.1. The molecule has 0 radical (unpaired) electrons. The Morgan fingerprint density at radius 1 is 0.889 bits per heavy atom. The van der Waals surface area contributed by atoms with Crippen molar-refractivity contribution in [3.63, 3.8) is 0 Å². The third-order valence-corrected chi connectivity index (χ3v) is 4.22. The van der Waals surface area contributed by atoms with Gasteiger partial charge in [0.1, 0.15) is 22.8 Å². The van der Waals surface area contributed by atoms with E-state index >= 15 is 0 Å². The van der Waals surface area contributed by atoms with Crippen LogP contribution in [0.15, 0.2) is 60.8 Å². The Balaban J connectivity index is 1.71. The van der Waals surface area contributed by atoms with Crippen molar-refractivity contribution in [2.45, 2.75) is 20.0 Å². The largest absolute Gasteiger partial charge is 0.497 e. The van der Waals surface area contributed by atoms with Crippen LogP contribution < -0.4 is 9.47 Å². The molecule has 1 N–H and O–H groups in total. The van der Waals surface area contributed by atoms with Gasteiger partial charge in [0.05, 0.1) is 13.2 Å². The van der Waals surface area contributed by atoms with Gasteiger partial charge in [-0.25, -0.2) is 9.97 Å². The lowest BCUT2D eigenvalue weighted by Gasteiger charge is -2.09. The SMILES string of the molecule is COc1cccc(-c2cnc3[nH]c(-c4cccc(OC(C)C)c4)nc3c2)c1. The number of nitrogens with zero attached hydrogens (tertiary/aromatic N) is 2. The van der Waals surface area contributed by atoms with E-state index in [0.29, 0.717) is 0 Å². The topological polar surface area (TPSA) is 60.0 Å². The zero-order valence-electron chi connectivity index (χ0n) is 15.6. The van der Waals surface area contributed by atoms with Crippen LogP contribution in [0.5, 0.6) is 11.5 Å². The van der Waals surface area contributed by atoms with Crippen LogP contribution in [0.2, 0.25) is 0 Å². The van der Waals surface area contributed by atoms with Crippen LogP contribution in [-0.4, -0.2) is 28.2 Å². The molecule has 0 amide bonds. The summed E-state index contributed by atoms with van der Waals surface area (Å²) in [4.78, 5) is 12.6. The molecule has 27 heavy (non-hydrogen) atoms. The average molecular weight is 359 g/mol. The molecular weight excluding hydrogens is 338 g/mol. The van der Waals surface area contributed by atoms with Crippen LogP contribution >= 0.6 is 0 Å². The van der Waals surface area contributed by atoms with Crippen molar-refractivity contribution in [3.8, 4) is 34.0 Å². The van der Waals surface area contributed by atoms with Gasteiger partial charge < -0.3 is 14.5 Å². The summed E-state index contributed by atoms with van der Waals surface area (Å²) in [5.41, 5.74) is 4.58. The summed E-state index contributed by atoms with van der Waals surface area (Å²) in [5, 5.41) is 0. The smallest absolute Gasteiger partial charge is 0.157 e. The van der Waals surface area contributed by atoms with Gasteiger partial charge in [-0.1, -0.05) is 24.3 Å². The summed E-state index contributed by atoms with van der Waals surface area (Å²) in [5.74, 6) is 2.42. The molecule has 2 heterocycles. The second-order valence-corrected chi connectivity index (χ2v) is 6.60. The molecule has 0 aliphatic rings. The van der Waals surface area contributed by atoms with Gasteiger partial charge in [-0.2, -0.15) is 0 Å². The standard InChI is InChI=1S/C22H21N3O2/c1-14(2)27-19-9-5-7-16(11-19)21-24-20-12-17(13-23-22(20)25-21)15-6-4-8-18(10-15)26-3/h4-14H,1-3H3,(H,23,24,25). The first-order valence-electron chi connectivity index (χ1n) is 8.89. The second-order valence-electron chi connectivity index (χ2n) is 6.60. The molecule has 2 aromatic carbocycles. The lowest BCUT2D eigenvalue weighted by molar-refractivity contribution is 0.242. The van der Waals surface area contributed by atoms with Crippen molar-refractivity contribution >= 4 is 11.2 Å². The molecule has 0 spiro atoms. The van der Waals surface area contributed by atoms with Crippen LogP contribution in [0.4, 0.5) is 0 Å². The lowest BCUT2D eigenvalue weighted by Crippen LogP contribution is -2.05. The van der Waals surface area contributed by atoms with Crippen LogP contribution in [0, 0.1) is 0 Å². The fourth-order valence-corrected chi connectivity index (χ4v) is 2.98. The molecule has 0 atom stereocenters. The molecule has 4 aromatic rings. The molecule has 0 aliphatic heterocycles. The van der Waals surface area contributed by atoms with Crippen molar-refractivity contribution in [3.05, 3.63) is 60.8 Å². The number of hydrogen-bond acceptors (Lipinski definition) is 4. The van der Waals surface area contributed by atoms with Crippen LogP contribution in [0.25, 0.3) is 33.7 Å². The van der Waals surface area contributed by atoms with E-state index in [0.717, 1.165) is 45.2 Å². The third-order valence-electron chi connectivity index (χ3n) is 4.22. The van der Waals surface area contributed by atoms with Gasteiger partial charge in [-0.3, -0.25) is 0 Å². The van der Waals surface area contributed by atoms with Gasteiger partial charge in [0, 0.05) is 17.3 Å². The van der Waals surface area contributed by atoms with Gasteiger partial charge in [0.15, 0.2) is 5.65 Å². The van der Waals surface area contributed by atoms with E-state index in [-0.39, 0.29) is 6.10 Å². The number of aromatic amines is 1. The normalized spacial score (nSPS) is 11.1. The van der Waals surface area contributed by atoms with E-state index in [1.807, 2.05) is 74.6 Å². The molecule has 0 bridgehead atoms. The number of methoxy groups -OCH3 is 1. The highest BCUT2D eigenvalue weighted by molar-refractivity contribution is 5.81. The molecular formula is C22H21N3O2. The molecule has 0 fully saturated rings. The van der Waals surface area contributed by atoms with Crippen molar-refractivity contribution in [1.82, 2.24) is 15.0 Å². The Morgan fingerprint density at radius 2 is 1.63 bits per heavy atom. The van der Waals surface area contributed by atoms with Crippen molar-refractivity contribution in [1.29, 1.82) is 0 Å². The maximum atomic E-state index is 5.78. The maximum absolute atomic E-state index is 5.78. The first kappa shape index (κ1) is 17.1. The molecule has 0 unspecified atom stereocenters. The van der Waals surface area contributed by atoms with Crippen LogP contribution in [0.3, 0.4) is 0 Å². The highest BCUT2D eigenvalue weighted by atomic mass is 16.5. The summed E-state index contributed by atoms with van der Waals surface area (Å²) in [6.45, 7) is 4.02. The number of hydrogen-bond donors (Lipinski definition) is 1. The monoisotopic (exact) mass is 359 g/mol. The number of fused-ring (bicyclic) bond motifs is 1. The van der Waals surface area contributed by atoms with Crippen LogP contribution in [-0.2, 0) is 0 Å². The summed E-state index contributed by atoms with van der Waals surface area (Å²) in [6.07, 6.45) is 1.97. The van der Waals surface area contributed by atoms with Crippen molar-refractivity contribution in [2.24, 2.45) is 0 Å². The Bertz CT molecular complexity index is 1090. The lowest BCUT2D eigenvalue weighted by atomic mass is 10.1. The van der Waals surface area contributed by atoms with E-state index in [2.05, 4.69) is 9.97 Å². The van der Waals surface area contributed by atoms with E-state index in [4.69, 9.17) is 14.5 Å². The molecule has 136 valence electrons. The van der Waals surface area contributed by atoms with Crippen LogP contribution in [0.1, 0.15) is 13.8 Å². The molecule has 0 aliphatic carbocycles. The van der Waals surface area contributed by atoms with E-state index < -0.39 is 0 Å². The minimum atomic E-state index is 0.128. The highest BCUT2D eigenvalue weighted by Gasteiger charge is 2.10. The summed E-state index contributed by atoms with van der Waals surface area (Å²) in [7, 11) is 1.66. The summed E-state index contributed by atoms with van der Waals surface area (Å²) >= 11 is 0. The quantitative estimate of drug-likeness (QED) is 0.539. The molecule has 0 saturated heterocycles. The number of aromatic nitrogens is 3. The van der Waals surface area contributed by atoms with Gasteiger partial charge in [0.25, 0.3) is 0 Å². The Labute approximate surface area is 158 Å². The highest BCUT2D eigenvalue weighted by Crippen LogP contribution is 2.28. The molecule has 5 heteroatoms.